The van der Waals surface area contributed by atoms with Gasteiger partial charge in [-0.25, -0.2) is 4.79 Å². The van der Waals surface area contributed by atoms with Crippen molar-refractivity contribution >= 4 is 17.1 Å². The molecule has 0 aliphatic carbocycles. The Morgan fingerprint density at radius 3 is 3.08 bits per heavy atom. The van der Waals surface area contributed by atoms with Crippen LogP contribution in [0.15, 0.2) is 22.8 Å². The predicted molar refractivity (Wildman–Crippen MR) is 47.4 cm³/mol. The Labute approximate surface area is 79.1 Å². The van der Waals surface area contributed by atoms with Gasteiger partial charge in [0, 0.05) is 0 Å². The molecule has 0 fully saturated rings. The first-order chi connectivity index (χ1) is 6.22. The van der Waals surface area contributed by atoms with Crippen LogP contribution in [0.1, 0.15) is 5.76 Å². The monoisotopic (exact) mass is 202 g/mol. The SMILES string of the molecule is COC(=O)C[S+]([O-])Cc1ccco1. The van der Waals surface area contributed by atoms with Crippen molar-refractivity contribution < 1.29 is 18.5 Å². The molecule has 1 unspecified atom stereocenters. The van der Waals surface area contributed by atoms with Crippen molar-refractivity contribution in [2.24, 2.45) is 0 Å². The van der Waals surface area contributed by atoms with Crippen molar-refractivity contribution in [1.29, 1.82) is 0 Å². The highest BCUT2D eigenvalue weighted by Crippen LogP contribution is 2.07. The summed E-state index contributed by atoms with van der Waals surface area (Å²) in [7, 11) is 1.27. The number of ether oxygens (including phenoxy) is 1. The summed E-state index contributed by atoms with van der Waals surface area (Å²) in [6.45, 7) is 0. The summed E-state index contributed by atoms with van der Waals surface area (Å²) in [5.74, 6) is 0.311. The number of carbonyl (C=O) groups is 1. The van der Waals surface area contributed by atoms with Gasteiger partial charge in [0.1, 0.15) is 0 Å². The number of methoxy groups -OCH3 is 1. The quantitative estimate of drug-likeness (QED) is 0.532. The van der Waals surface area contributed by atoms with Gasteiger partial charge in [-0.2, -0.15) is 0 Å². The molecule has 0 radical (unpaired) electrons. The largest absolute Gasteiger partial charge is 0.616 e. The van der Waals surface area contributed by atoms with E-state index in [1.165, 1.54) is 13.4 Å². The Balaban J connectivity index is 2.33. The zero-order valence-corrected chi connectivity index (χ0v) is 8.00. The second-order valence-corrected chi connectivity index (χ2v) is 3.84. The van der Waals surface area contributed by atoms with Gasteiger partial charge in [-0.15, -0.1) is 0 Å². The third kappa shape index (κ3) is 3.52. The Morgan fingerprint density at radius 2 is 2.54 bits per heavy atom. The van der Waals surface area contributed by atoms with Crippen LogP contribution in [0.2, 0.25) is 0 Å². The summed E-state index contributed by atoms with van der Waals surface area (Å²) >= 11 is -1.25. The third-order valence-corrected chi connectivity index (χ3v) is 2.55. The van der Waals surface area contributed by atoms with Crippen molar-refractivity contribution in [2.45, 2.75) is 5.75 Å². The molecule has 1 aromatic rings. The molecule has 0 spiro atoms. The standard InChI is InChI=1S/C8H10O4S/c1-11-8(9)6-13(10)5-7-3-2-4-12-7/h2-4H,5-6H2,1H3. The van der Waals surface area contributed by atoms with E-state index in [9.17, 15) is 9.35 Å². The zero-order valence-electron chi connectivity index (χ0n) is 7.19. The highest BCUT2D eigenvalue weighted by Gasteiger charge is 2.15. The fraction of sp³-hybridized carbons (Fsp3) is 0.375. The minimum Gasteiger partial charge on any atom is -0.616 e. The molecule has 0 aromatic carbocycles. The number of carbonyl (C=O) groups excluding carboxylic acids is 1. The van der Waals surface area contributed by atoms with Gasteiger partial charge in [0.2, 0.25) is 5.75 Å². The lowest BCUT2D eigenvalue weighted by Gasteiger charge is -2.07. The van der Waals surface area contributed by atoms with E-state index in [4.69, 9.17) is 4.42 Å². The summed E-state index contributed by atoms with van der Waals surface area (Å²) in [6.07, 6.45) is 1.50. The van der Waals surface area contributed by atoms with Crippen molar-refractivity contribution in [1.82, 2.24) is 0 Å². The number of hydrogen-bond acceptors (Lipinski definition) is 4. The molecule has 13 heavy (non-hydrogen) atoms. The average Bonchev–Trinajstić information content (AvgIpc) is 2.56. The maximum Gasteiger partial charge on any atom is 0.356 e. The van der Waals surface area contributed by atoms with Gasteiger partial charge in [-0.1, -0.05) is 0 Å². The molecule has 1 heterocycles. The van der Waals surface area contributed by atoms with Gasteiger partial charge in [-0.3, -0.25) is 0 Å². The molecule has 0 aliphatic heterocycles. The fourth-order valence-corrected chi connectivity index (χ4v) is 1.76. The molecule has 0 bridgehead atoms. The second kappa shape index (κ2) is 4.94. The van der Waals surface area contributed by atoms with E-state index in [1.807, 2.05) is 0 Å². The highest BCUT2D eigenvalue weighted by molar-refractivity contribution is 7.91. The first-order valence-electron chi connectivity index (χ1n) is 3.66. The van der Waals surface area contributed by atoms with E-state index in [2.05, 4.69) is 4.74 Å². The van der Waals surface area contributed by atoms with Gasteiger partial charge < -0.3 is 13.7 Å². The Hall–Kier alpha value is -0.940. The summed E-state index contributed by atoms with van der Waals surface area (Å²) in [5.41, 5.74) is 0. The van der Waals surface area contributed by atoms with Gasteiger partial charge in [0.25, 0.3) is 0 Å². The lowest BCUT2D eigenvalue weighted by atomic mass is 10.5. The molecule has 1 rings (SSSR count). The summed E-state index contributed by atoms with van der Waals surface area (Å²) in [5, 5.41) is 0. The van der Waals surface area contributed by atoms with E-state index in [0.29, 0.717) is 5.76 Å². The van der Waals surface area contributed by atoms with E-state index < -0.39 is 17.1 Å². The molecule has 0 saturated heterocycles. The Kier molecular flexibility index (Phi) is 3.85. The summed E-state index contributed by atoms with van der Waals surface area (Å²) in [6, 6.07) is 3.43. The lowest BCUT2D eigenvalue weighted by Crippen LogP contribution is -2.18. The van der Waals surface area contributed by atoms with Crippen LogP contribution in [0.4, 0.5) is 0 Å². The Morgan fingerprint density at radius 1 is 1.77 bits per heavy atom. The minimum absolute atomic E-state index is 0.0861. The van der Waals surface area contributed by atoms with Crippen LogP contribution in [0.25, 0.3) is 0 Å². The number of furan rings is 1. The number of esters is 1. The molecule has 0 amide bonds. The average molecular weight is 202 g/mol. The Bertz CT molecular complexity index is 257. The zero-order chi connectivity index (χ0) is 9.68. The van der Waals surface area contributed by atoms with Crippen LogP contribution in [0.3, 0.4) is 0 Å². The molecule has 0 N–H and O–H groups in total. The van der Waals surface area contributed by atoms with Crippen LogP contribution >= 0.6 is 0 Å². The smallest absolute Gasteiger partial charge is 0.356 e. The van der Waals surface area contributed by atoms with Crippen molar-refractivity contribution in [3.63, 3.8) is 0 Å². The van der Waals surface area contributed by atoms with Gasteiger partial charge in [0.05, 0.1) is 13.4 Å². The maximum absolute atomic E-state index is 11.2. The lowest BCUT2D eigenvalue weighted by molar-refractivity contribution is -0.137. The molecular formula is C8H10O4S. The highest BCUT2D eigenvalue weighted by atomic mass is 32.2. The second-order valence-electron chi connectivity index (χ2n) is 2.38. The normalized spacial score (nSPS) is 12.5. The molecule has 0 aliphatic rings. The van der Waals surface area contributed by atoms with Gasteiger partial charge >= 0.3 is 5.97 Å². The third-order valence-electron chi connectivity index (χ3n) is 1.39. The van der Waals surface area contributed by atoms with Crippen molar-refractivity contribution in [2.75, 3.05) is 12.9 Å². The molecule has 1 aromatic heterocycles. The fourth-order valence-electron chi connectivity index (χ4n) is 0.795. The van der Waals surface area contributed by atoms with Gasteiger partial charge in [0.15, 0.2) is 11.5 Å². The maximum atomic E-state index is 11.2. The van der Waals surface area contributed by atoms with Gasteiger partial charge in [-0.05, 0) is 23.3 Å². The predicted octanol–water partition coefficient (Wildman–Crippen LogP) is 0.701. The van der Waals surface area contributed by atoms with E-state index in [-0.39, 0.29) is 11.5 Å². The molecule has 5 heteroatoms. The van der Waals surface area contributed by atoms with Crippen LogP contribution in [0, 0.1) is 0 Å². The van der Waals surface area contributed by atoms with Crippen molar-refractivity contribution in [3.8, 4) is 0 Å². The van der Waals surface area contributed by atoms with Crippen LogP contribution in [0.5, 0.6) is 0 Å². The molecule has 1 atom stereocenters. The molecular weight excluding hydrogens is 192 g/mol. The molecule has 72 valence electrons. The van der Waals surface area contributed by atoms with Crippen LogP contribution in [-0.4, -0.2) is 23.4 Å². The first-order valence-corrected chi connectivity index (χ1v) is 5.15. The van der Waals surface area contributed by atoms with E-state index >= 15 is 0 Å². The number of rotatable bonds is 4. The molecule has 4 nitrogen and oxygen atoms in total. The topological polar surface area (TPSA) is 62.5 Å². The van der Waals surface area contributed by atoms with Crippen molar-refractivity contribution in [3.05, 3.63) is 24.2 Å². The molecule has 0 saturated carbocycles. The first kappa shape index (κ1) is 10.1. The summed E-state index contributed by atoms with van der Waals surface area (Å²) < 4.78 is 20.6. The van der Waals surface area contributed by atoms with E-state index in [1.54, 1.807) is 12.1 Å². The number of hydrogen-bond donors (Lipinski definition) is 0. The van der Waals surface area contributed by atoms with E-state index in [0.717, 1.165) is 0 Å². The van der Waals surface area contributed by atoms with Crippen LogP contribution in [-0.2, 0) is 26.5 Å². The van der Waals surface area contributed by atoms with Crippen LogP contribution < -0.4 is 0 Å². The minimum atomic E-state index is -1.25. The summed E-state index contributed by atoms with van der Waals surface area (Å²) in [4.78, 5) is 10.7.